The minimum absolute atomic E-state index is 0.179. The maximum atomic E-state index is 13.2. The van der Waals surface area contributed by atoms with Crippen molar-refractivity contribution in [2.75, 3.05) is 6.54 Å². The van der Waals surface area contributed by atoms with Gasteiger partial charge in [0.05, 0.1) is 18.3 Å². The quantitative estimate of drug-likeness (QED) is 0.846. The van der Waals surface area contributed by atoms with E-state index in [0.29, 0.717) is 13.1 Å². The highest BCUT2D eigenvalue weighted by atomic mass is 19.1. The van der Waals surface area contributed by atoms with Gasteiger partial charge in [0.1, 0.15) is 5.82 Å². The first-order valence-electron chi connectivity index (χ1n) is 7.51. The van der Waals surface area contributed by atoms with Gasteiger partial charge >= 0.3 is 0 Å². The lowest BCUT2D eigenvalue weighted by atomic mass is 9.88. The zero-order chi connectivity index (χ0) is 17.0. The predicted octanol–water partition coefficient (Wildman–Crippen LogP) is 1.57. The number of nitrogens with one attached hydrogen (secondary N) is 1. The van der Waals surface area contributed by atoms with Gasteiger partial charge in [-0.1, -0.05) is 31.2 Å². The second-order valence-corrected chi connectivity index (χ2v) is 6.16. The van der Waals surface area contributed by atoms with E-state index in [4.69, 9.17) is 5.73 Å². The van der Waals surface area contributed by atoms with Crippen molar-refractivity contribution in [2.45, 2.75) is 32.9 Å². The van der Waals surface area contributed by atoms with Crippen LogP contribution in [0.1, 0.15) is 36.8 Å². The normalized spacial score (nSPS) is 13.8. The molecule has 0 radical (unpaired) electrons. The first-order chi connectivity index (χ1) is 10.8. The maximum Gasteiger partial charge on any atom is 0.273 e. The Bertz CT molecular complexity index is 685. The number of hydrogen-bond donors (Lipinski definition) is 2. The Morgan fingerprint density at radius 3 is 2.83 bits per heavy atom. The molecule has 0 aliphatic heterocycles. The summed E-state index contributed by atoms with van der Waals surface area (Å²) in [6.07, 6.45) is 1.54. The fourth-order valence-electron chi connectivity index (χ4n) is 2.06. The van der Waals surface area contributed by atoms with Crippen LogP contribution in [0.25, 0.3) is 0 Å². The lowest BCUT2D eigenvalue weighted by molar-refractivity contribution is 0.0878. The number of halogens is 1. The summed E-state index contributed by atoms with van der Waals surface area (Å²) in [5, 5.41) is 10.7. The maximum absolute atomic E-state index is 13.2. The summed E-state index contributed by atoms with van der Waals surface area (Å²) in [6, 6.07) is 6.22. The van der Waals surface area contributed by atoms with E-state index in [9.17, 15) is 9.18 Å². The number of benzene rings is 1. The van der Waals surface area contributed by atoms with Crippen LogP contribution < -0.4 is 11.1 Å². The number of hydrogen-bond acceptors (Lipinski definition) is 4. The molecule has 2 rings (SSSR count). The minimum atomic E-state index is -0.510. The number of carbonyl (C=O) groups is 1. The average molecular weight is 319 g/mol. The molecule has 1 aromatic carbocycles. The molecule has 0 saturated carbocycles. The van der Waals surface area contributed by atoms with Gasteiger partial charge in [0.25, 0.3) is 5.91 Å². The van der Waals surface area contributed by atoms with E-state index >= 15 is 0 Å². The SMILES string of the molecule is CC(C)C(C)(CN)NC(=O)c1cn(Cc2cccc(F)c2)nn1. The van der Waals surface area contributed by atoms with Crippen molar-refractivity contribution in [1.82, 2.24) is 20.3 Å². The predicted molar refractivity (Wildman–Crippen MR) is 85.3 cm³/mol. The third kappa shape index (κ3) is 4.13. The molecular formula is C16H22FN5O. The standard InChI is InChI=1S/C16H22FN5O/c1-11(2)16(3,10-18)19-15(23)14-9-22(21-20-14)8-12-5-4-6-13(17)7-12/h4-7,9,11H,8,10,18H2,1-3H3,(H,19,23). The molecule has 1 amide bonds. The summed E-state index contributed by atoms with van der Waals surface area (Å²) in [6.45, 7) is 6.55. The summed E-state index contributed by atoms with van der Waals surface area (Å²) < 4.78 is 14.7. The number of amides is 1. The van der Waals surface area contributed by atoms with Gasteiger partial charge < -0.3 is 11.1 Å². The molecule has 7 heteroatoms. The molecule has 23 heavy (non-hydrogen) atoms. The Hall–Kier alpha value is -2.28. The van der Waals surface area contributed by atoms with Crippen LogP contribution in [-0.4, -0.2) is 33.0 Å². The van der Waals surface area contributed by atoms with Gasteiger partial charge in [0, 0.05) is 6.54 Å². The van der Waals surface area contributed by atoms with E-state index in [-0.39, 0.29) is 23.3 Å². The number of carbonyl (C=O) groups excluding carboxylic acids is 1. The van der Waals surface area contributed by atoms with E-state index in [2.05, 4.69) is 15.6 Å². The van der Waals surface area contributed by atoms with Crippen LogP contribution in [0.15, 0.2) is 30.5 Å². The number of aromatic nitrogens is 3. The molecule has 0 spiro atoms. The monoisotopic (exact) mass is 319 g/mol. The zero-order valence-corrected chi connectivity index (χ0v) is 13.6. The van der Waals surface area contributed by atoms with Gasteiger partial charge in [0.15, 0.2) is 5.69 Å². The van der Waals surface area contributed by atoms with Crippen molar-refractivity contribution in [1.29, 1.82) is 0 Å². The minimum Gasteiger partial charge on any atom is -0.344 e. The smallest absolute Gasteiger partial charge is 0.273 e. The Balaban J connectivity index is 2.08. The van der Waals surface area contributed by atoms with Gasteiger partial charge in [-0.25, -0.2) is 9.07 Å². The Kier molecular flexibility index (Phi) is 5.10. The lowest BCUT2D eigenvalue weighted by Gasteiger charge is -2.33. The molecule has 3 N–H and O–H groups in total. The van der Waals surface area contributed by atoms with Gasteiger partial charge in [0.2, 0.25) is 0 Å². The average Bonchev–Trinajstić information content (AvgIpc) is 2.95. The van der Waals surface area contributed by atoms with Gasteiger partial charge in [-0.15, -0.1) is 5.10 Å². The Morgan fingerprint density at radius 1 is 1.48 bits per heavy atom. The highest BCUT2D eigenvalue weighted by Gasteiger charge is 2.29. The van der Waals surface area contributed by atoms with E-state index in [1.165, 1.54) is 23.0 Å². The molecule has 0 fully saturated rings. The molecule has 0 aliphatic rings. The third-order valence-electron chi connectivity index (χ3n) is 4.10. The molecule has 2 aromatic rings. The highest BCUT2D eigenvalue weighted by Crippen LogP contribution is 2.15. The summed E-state index contributed by atoms with van der Waals surface area (Å²) >= 11 is 0. The van der Waals surface area contributed by atoms with Crippen LogP contribution in [0.3, 0.4) is 0 Å². The second-order valence-electron chi connectivity index (χ2n) is 6.16. The molecule has 6 nitrogen and oxygen atoms in total. The molecule has 1 unspecified atom stereocenters. The van der Waals surface area contributed by atoms with Crippen LogP contribution in [-0.2, 0) is 6.54 Å². The molecule has 124 valence electrons. The fourth-order valence-corrected chi connectivity index (χ4v) is 2.06. The Morgan fingerprint density at radius 2 is 2.22 bits per heavy atom. The van der Waals surface area contributed by atoms with E-state index in [0.717, 1.165) is 5.56 Å². The number of nitrogens with two attached hydrogens (primary N) is 1. The van der Waals surface area contributed by atoms with Crippen LogP contribution in [0, 0.1) is 11.7 Å². The highest BCUT2D eigenvalue weighted by molar-refractivity contribution is 5.92. The van der Waals surface area contributed by atoms with Crippen molar-refractivity contribution < 1.29 is 9.18 Å². The molecule has 0 aliphatic carbocycles. The van der Waals surface area contributed by atoms with Gasteiger partial charge in [-0.05, 0) is 30.5 Å². The van der Waals surface area contributed by atoms with Crippen molar-refractivity contribution in [3.8, 4) is 0 Å². The molecule has 1 heterocycles. The molecule has 1 aromatic heterocycles. The lowest BCUT2D eigenvalue weighted by Crippen LogP contribution is -2.55. The van der Waals surface area contributed by atoms with Crippen molar-refractivity contribution in [3.05, 3.63) is 47.5 Å². The topological polar surface area (TPSA) is 85.8 Å². The van der Waals surface area contributed by atoms with Gasteiger partial charge in [-0.3, -0.25) is 4.79 Å². The fraction of sp³-hybridized carbons (Fsp3) is 0.438. The van der Waals surface area contributed by atoms with E-state index < -0.39 is 5.54 Å². The van der Waals surface area contributed by atoms with Crippen molar-refractivity contribution in [3.63, 3.8) is 0 Å². The molecule has 1 atom stereocenters. The van der Waals surface area contributed by atoms with Crippen molar-refractivity contribution in [2.24, 2.45) is 11.7 Å². The first-order valence-corrected chi connectivity index (χ1v) is 7.51. The van der Waals surface area contributed by atoms with E-state index in [1.54, 1.807) is 12.1 Å². The van der Waals surface area contributed by atoms with Gasteiger partial charge in [-0.2, -0.15) is 0 Å². The number of nitrogens with zero attached hydrogens (tertiary/aromatic N) is 3. The molecule has 0 bridgehead atoms. The van der Waals surface area contributed by atoms with Crippen LogP contribution in [0.4, 0.5) is 4.39 Å². The van der Waals surface area contributed by atoms with Crippen LogP contribution >= 0.6 is 0 Å². The number of rotatable bonds is 6. The zero-order valence-electron chi connectivity index (χ0n) is 13.6. The van der Waals surface area contributed by atoms with Crippen molar-refractivity contribution >= 4 is 5.91 Å². The van der Waals surface area contributed by atoms with E-state index in [1.807, 2.05) is 20.8 Å². The second kappa shape index (κ2) is 6.87. The summed E-state index contributed by atoms with van der Waals surface area (Å²) in [5.41, 5.74) is 6.21. The molecular weight excluding hydrogens is 297 g/mol. The summed E-state index contributed by atoms with van der Waals surface area (Å²) in [4.78, 5) is 12.3. The summed E-state index contributed by atoms with van der Waals surface area (Å²) in [7, 11) is 0. The largest absolute Gasteiger partial charge is 0.344 e. The summed E-state index contributed by atoms with van der Waals surface area (Å²) in [5.74, 6) is -0.452. The van der Waals surface area contributed by atoms with Crippen LogP contribution in [0.2, 0.25) is 0 Å². The Labute approximate surface area is 134 Å². The first kappa shape index (κ1) is 17.1. The van der Waals surface area contributed by atoms with Crippen LogP contribution in [0.5, 0.6) is 0 Å². The third-order valence-corrected chi connectivity index (χ3v) is 4.10. The molecule has 0 saturated heterocycles.